The summed E-state index contributed by atoms with van der Waals surface area (Å²) in [7, 11) is 1.48. The first-order valence-electron chi connectivity index (χ1n) is 12.8. The molecule has 2 aliphatic heterocycles. The van der Waals surface area contributed by atoms with E-state index in [0.29, 0.717) is 45.0 Å². The zero-order valence-electron chi connectivity index (χ0n) is 22.4. The summed E-state index contributed by atoms with van der Waals surface area (Å²) in [5.74, 6) is -0.977. The minimum atomic E-state index is -5.04. The third-order valence-electron chi connectivity index (χ3n) is 7.73. The topological polar surface area (TPSA) is 53.1 Å². The molecule has 0 spiro atoms. The van der Waals surface area contributed by atoms with Gasteiger partial charge in [-0.25, -0.2) is 4.79 Å². The lowest BCUT2D eigenvalue weighted by Crippen LogP contribution is -2.50. The van der Waals surface area contributed by atoms with E-state index in [2.05, 4.69) is 0 Å². The highest BCUT2D eigenvalue weighted by molar-refractivity contribution is 5.88. The molecule has 0 N–H and O–H groups in total. The van der Waals surface area contributed by atoms with Crippen LogP contribution >= 0.6 is 0 Å². The van der Waals surface area contributed by atoms with Gasteiger partial charge in [-0.2, -0.15) is 26.3 Å². The Kier molecular flexibility index (Phi) is 8.13. The van der Waals surface area contributed by atoms with E-state index in [-0.39, 0.29) is 24.6 Å². The second-order valence-electron chi connectivity index (χ2n) is 10.7. The van der Waals surface area contributed by atoms with Crippen molar-refractivity contribution in [3.8, 4) is 0 Å². The highest BCUT2D eigenvalue weighted by Gasteiger charge is 2.46. The Hall–Kier alpha value is -3.28. The standard InChI is InChI=1S/C28H31F6N3O3/c1-26(2,19-13-20(27(29,30)31)15-21(14-19)28(32,33)34)24(38)35(3)23-17-37(25(39)36-9-11-40-12-10-36)16-22(23)18-7-5-4-6-8-18/h4-8,13-15,22-23H,9-12,16-17H2,1-3H3/t22-,23-/m0/s1. The molecule has 0 bridgehead atoms. The minimum absolute atomic E-state index is 0.0469. The van der Waals surface area contributed by atoms with Gasteiger partial charge in [0.1, 0.15) is 0 Å². The van der Waals surface area contributed by atoms with Crippen LogP contribution in [-0.2, 0) is 27.3 Å². The van der Waals surface area contributed by atoms with E-state index in [1.165, 1.54) is 25.8 Å². The lowest BCUT2D eigenvalue weighted by Gasteiger charge is -2.36. The first-order chi connectivity index (χ1) is 18.6. The van der Waals surface area contributed by atoms with Gasteiger partial charge in [0, 0.05) is 39.1 Å². The number of rotatable bonds is 4. The molecule has 2 aliphatic rings. The summed E-state index contributed by atoms with van der Waals surface area (Å²) in [4.78, 5) is 31.8. The summed E-state index contributed by atoms with van der Waals surface area (Å²) in [5, 5.41) is 0. The maximum Gasteiger partial charge on any atom is 0.416 e. The molecule has 40 heavy (non-hydrogen) atoms. The number of carbonyl (C=O) groups is 2. The molecule has 2 aromatic carbocycles. The van der Waals surface area contributed by atoms with Gasteiger partial charge in [0.2, 0.25) is 5.91 Å². The SMILES string of the molecule is CN(C(=O)C(C)(C)c1cc(C(F)(F)F)cc(C(F)(F)F)c1)[C@H]1CN(C(=O)N2CCOCC2)C[C@H]1c1ccccc1. The molecule has 0 radical (unpaired) electrons. The second-order valence-corrected chi connectivity index (χ2v) is 10.7. The number of nitrogens with zero attached hydrogens (tertiary/aromatic N) is 3. The van der Waals surface area contributed by atoms with Gasteiger partial charge < -0.3 is 19.4 Å². The highest BCUT2D eigenvalue weighted by atomic mass is 19.4. The Balaban J connectivity index is 1.67. The fourth-order valence-corrected chi connectivity index (χ4v) is 5.35. The molecule has 2 aromatic rings. The Morgan fingerprint density at radius 3 is 1.88 bits per heavy atom. The molecule has 6 nitrogen and oxygen atoms in total. The number of likely N-dealkylation sites (tertiary alicyclic amines) is 1. The van der Waals surface area contributed by atoms with Gasteiger partial charge in [-0.1, -0.05) is 30.3 Å². The Bertz CT molecular complexity index is 1190. The molecular weight excluding hydrogens is 540 g/mol. The van der Waals surface area contributed by atoms with Crippen molar-refractivity contribution in [2.45, 2.75) is 43.6 Å². The molecule has 0 aliphatic carbocycles. The van der Waals surface area contributed by atoms with Crippen molar-refractivity contribution in [2.24, 2.45) is 0 Å². The average Bonchev–Trinajstić information content (AvgIpc) is 3.37. The summed E-state index contributed by atoms with van der Waals surface area (Å²) >= 11 is 0. The number of urea groups is 1. The molecule has 0 unspecified atom stereocenters. The summed E-state index contributed by atoms with van der Waals surface area (Å²) in [5.41, 5.74) is -4.24. The summed E-state index contributed by atoms with van der Waals surface area (Å²) in [6.45, 7) is 4.75. The molecule has 218 valence electrons. The van der Waals surface area contributed by atoms with Crippen molar-refractivity contribution in [3.63, 3.8) is 0 Å². The van der Waals surface area contributed by atoms with Gasteiger partial charge in [-0.3, -0.25) is 4.79 Å². The summed E-state index contributed by atoms with van der Waals surface area (Å²) < 4.78 is 86.5. The van der Waals surface area contributed by atoms with Gasteiger partial charge in [0.15, 0.2) is 0 Å². The highest BCUT2D eigenvalue weighted by Crippen LogP contribution is 2.40. The van der Waals surface area contributed by atoms with E-state index in [1.54, 1.807) is 9.80 Å². The number of morpholine rings is 1. The first-order valence-corrected chi connectivity index (χ1v) is 12.8. The molecule has 2 fully saturated rings. The zero-order valence-corrected chi connectivity index (χ0v) is 22.4. The van der Waals surface area contributed by atoms with Crippen LogP contribution in [0.5, 0.6) is 0 Å². The number of carbonyl (C=O) groups excluding carboxylic acids is 2. The van der Waals surface area contributed by atoms with Crippen LogP contribution in [-0.4, -0.2) is 79.1 Å². The van der Waals surface area contributed by atoms with Crippen molar-refractivity contribution in [2.75, 3.05) is 46.4 Å². The maximum absolute atomic E-state index is 13.9. The number of alkyl halides is 6. The van der Waals surface area contributed by atoms with Gasteiger partial charge in [-0.05, 0) is 43.2 Å². The lowest BCUT2D eigenvalue weighted by atomic mass is 9.80. The van der Waals surface area contributed by atoms with Crippen LogP contribution < -0.4 is 0 Å². The van der Waals surface area contributed by atoms with E-state index in [9.17, 15) is 35.9 Å². The number of ether oxygens (including phenoxy) is 1. The van der Waals surface area contributed by atoms with Crippen molar-refractivity contribution in [1.29, 1.82) is 0 Å². The summed E-state index contributed by atoms with van der Waals surface area (Å²) in [6, 6.07) is 9.68. The van der Waals surface area contributed by atoms with Crippen LogP contribution in [0, 0.1) is 0 Å². The van der Waals surface area contributed by atoms with Crippen LogP contribution in [0.1, 0.15) is 42.0 Å². The average molecular weight is 572 g/mol. The van der Waals surface area contributed by atoms with Gasteiger partial charge in [-0.15, -0.1) is 0 Å². The lowest BCUT2D eigenvalue weighted by molar-refractivity contribution is -0.144. The second kappa shape index (κ2) is 10.9. The van der Waals surface area contributed by atoms with Crippen LogP contribution in [0.2, 0.25) is 0 Å². The van der Waals surface area contributed by atoms with Gasteiger partial charge in [0.05, 0.1) is 35.8 Å². The maximum atomic E-state index is 13.9. The number of likely N-dealkylation sites (N-methyl/N-ethyl adjacent to an activating group) is 1. The Labute approximate surface area is 228 Å². The zero-order chi connectivity index (χ0) is 29.5. The van der Waals surface area contributed by atoms with Gasteiger partial charge >= 0.3 is 18.4 Å². The quantitative estimate of drug-likeness (QED) is 0.464. The molecule has 0 saturated carbocycles. The van der Waals surface area contributed by atoms with Crippen LogP contribution in [0.4, 0.5) is 31.1 Å². The molecule has 0 aromatic heterocycles. The van der Waals surface area contributed by atoms with E-state index >= 15 is 0 Å². The van der Waals surface area contributed by atoms with Crippen molar-refractivity contribution in [3.05, 3.63) is 70.8 Å². The molecule has 4 rings (SSSR count). The number of halogens is 6. The number of hydrogen-bond donors (Lipinski definition) is 0. The molecule has 3 amide bonds. The van der Waals surface area contributed by atoms with E-state index in [4.69, 9.17) is 4.74 Å². The minimum Gasteiger partial charge on any atom is -0.378 e. The Morgan fingerprint density at radius 1 is 0.825 bits per heavy atom. The third kappa shape index (κ3) is 6.06. The molecule has 12 heteroatoms. The van der Waals surface area contributed by atoms with E-state index in [0.717, 1.165) is 5.56 Å². The monoisotopic (exact) mass is 571 g/mol. The largest absolute Gasteiger partial charge is 0.416 e. The molecule has 2 atom stereocenters. The van der Waals surface area contributed by atoms with Crippen LogP contribution in [0.25, 0.3) is 0 Å². The molecule has 2 heterocycles. The smallest absolute Gasteiger partial charge is 0.378 e. The summed E-state index contributed by atoms with van der Waals surface area (Å²) in [6.07, 6.45) is -10.1. The number of amides is 3. The molecule has 2 saturated heterocycles. The fraction of sp³-hybridized carbons (Fsp3) is 0.500. The molecular formula is C28H31F6N3O3. The Morgan fingerprint density at radius 2 is 1.35 bits per heavy atom. The van der Waals surface area contributed by atoms with Crippen molar-refractivity contribution < 1.29 is 40.7 Å². The number of benzene rings is 2. The normalized spacial score (nSPS) is 20.5. The third-order valence-corrected chi connectivity index (χ3v) is 7.73. The van der Waals surface area contributed by atoms with Crippen LogP contribution in [0.3, 0.4) is 0 Å². The van der Waals surface area contributed by atoms with Crippen molar-refractivity contribution >= 4 is 11.9 Å². The predicted octanol–water partition coefficient (Wildman–Crippen LogP) is 5.38. The van der Waals surface area contributed by atoms with E-state index in [1.807, 2.05) is 30.3 Å². The van der Waals surface area contributed by atoms with Crippen LogP contribution in [0.15, 0.2) is 48.5 Å². The van der Waals surface area contributed by atoms with Gasteiger partial charge in [0.25, 0.3) is 0 Å². The van der Waals surface area contributed by atoms with E-state index < -0.39 is 46.4 Å². The fourth-order valence-electron chi connectivity index (χ4n) is 5.35. The number of hydrogen-bond acceptors (Lipinski definition) is 3. The first kappa shape index (κ1) is 29.7. The van der Waals surface area contributed by atoms with Crippen molar-refractivity contribution in [1.82, 2.24) is 14.7 Å². The predicted molar refractivity (Wildman–Crippen MR) is 135 cm³/mol.